The normalized spacial score (nSPS) is 25.8. The average Bonchev–Trinajstić information content (AvgIpc) is 2.54. The summed E-state index contributed by atoms with van der Waals surface area (Å²) in [6.07, 6.45) is 4.75. The van der Waals surface area contributed by atoms with Gasteiger partial charge in [0.1, 0.15) is 11.4 Å². The SMILES string of the molecule is NCCC1c2ccccc2OC12CCC2. The number of benzene rings is 1. The van der Waals surface area contributed by atoms with Crippen LogP contribution in [0.25, 0.3) is 0 Å². The lowest BCUT2D eigenvalue weighted by molar-refractivity contribution is -0.0105. The van der Waals surface area contributed by atoms with E-state index in [9.17, 15) is 0 Å². The number of nitrogens with two attached hydrogens (primary N) is 1. The van der Waals surface area contributed by atoms with E-state index in [4.69, 9.17) is 10.5 Å². The summed E-state index contributed by atoms with van der Waals surface area (Å²) in [7, 11) is 0. The molecule has 1 aliphatic heterocycles. The molecule has 0 radical (unpaired) electrons. The van der Waals surface area contributed by atoms with Gasteiger partial charge in [0.2, 0.25) is 0 Å². The Balaban J connectivity index is 1.99. The van der Waals surface area contributed by atoms with Crippen molar-refractivity contribution in [3.05, 3.63) is 29.8 Å². The molecule has 1 heterocycles. The minimum absolute atomic E-state index is 0.114. The fourth-order valence-electron chi connectivity index (χ4n) is 3.00. The number of fused-ring (bicyclic) bond motifs is 1. The predicted molar refractivity (Wildman–Crippen MR) is 60.1 cm³/mol. The highest BCUT2D eigenvalue weighted by Crippen LogP contribution is 2.55. The van der Waals surface area contributed by atoms with E-state index in [1.165, 1.54) is 24.8 Å². The molecule has 2 aliphatic rings. The topological polar surface area (TPSA) is 35.2 Å². The van der Waals surface area contributed by atoms with Crippen LogP contribution in [0.4, 0.5) is 0 Å². The van der Waals surface area contributed by atoms with E-state index in [1.54, 1.807) is 0 Å². The Morgan fingerprint density at radius 3 is 2.80 bits per heavy atom. The molecule has 1 fully saturated rings. The van der Waals surface area contributed by atoms with Crippen molar-refractivity contribution in [1.82, 2.24) is 0 Å². The van der Waals surface area contributed by atoms with Crippen molar-refractivity contribution in [3.63, 3.8) is 0 Å². The molecule has 2 N–H and O–H groups in total. The first kappa shape index (κ1) is 9.22. The quantitative estimate of drug-likeness (QED) is 0.801. The number of para-hydroxylation sites is 1. The van der Waals surface area contributed by atoms with Crippen LogP contribution in [0.2, 0.25) is 0 Å². The molecule has 0 aromatic heterocycles. The Bertz CT molecular complexity index is 371. The molecule has 1 atom stereocenters. The summed E-state index contributed by atoms with van der Waals surface area (Å²) < 4.78 is 6.14. The van der Waals surface area contributed by atoms with Crippen LogP contribution in [0.3, 0.4) is 0 Å². The second-order valence-corrected chi connectivity index (χ2v) is 4.69. The van der Waals surface area contributed by atoms with E-state index in [-0.39, 0.29) is 5.60 Å². The molecule has 80 valence electrons. The molecule has 15 heavy (non-hydrogen) atoms. The maximum absolute atomic E-state index is 6.14. The first-order chi connectivity index (χ1) is 7.36. The van der Waals surface area contributed by atoms with Crippen molar-refractivity contribution >= 4 is 0 Å². The maximum Gasteiger partial charge on any atom is 0.123 e. The summed E-state index contributed by atoms with van der Waals surface area (Å²) in [4.78, 5) is 0. The van der Waals surface area contributed by atoms with Crippen molar-refractivity contribution in [2.24, 2.45) is 5.73 Å². The minimum atomic E-state index is 0.114. The van der Waals surface area contributed by atoms with Gasteiger partial charge in [0.15, 0.2) is 0 Å². The van der Waals surface area contributed by atoms with E-state index >= 15 is 0 Å². The second kappa shape index (κ2) is 3.24. The summed E-state index contributed by atoms with van der Waals surface area (Å²) in [6, 6.07) is 8.44. The van der Waals surface area contributed by atoms with Crippen molar-refractivity contribution in [2.75, 3.05) is 6.54 Å². The fourth-order valence-corrected chi connectivity index (χ4v) is 3.00. The monoisotopic (exact) mass is 203 g/mol. The molecule has 0 bridgehead atoms. The molecule has 2 nitrogen and oxygen atoms in total. The minimum Gasteiger partial charge on any atom is -0.486 e. The number of hydrogen-bond donors (Lipinski definition) is 1. The molecule has 1 spiro atoms. The van der Waals surface area contributed by atoms with Crippen LogP contribution in [-0.2, 0) is 0 Å². The lowest BCUT2D eigenvalue weighted by Gasteiger charge is -2.42. The van der Waals surface area contributed by atoms with Crippen molar-refractivity contribution in [3.8, 4) is 5.75 Å². The largest absolute Gasteiger partial charge is 0.486 e. The Hall–Kier alpha value is -1.02. The van der Waals surface area contributed by atoms with Crippen molar-refractivity contribution in [2.45, 2.75) is 37.2 Å². The standard InChI is InChI=1S/C13H17NO/c14-9-6-11-10-4-1-2-5-12(10)15-13(11)7-3-8-13/h1-2,4-5,11H,3,6-9,14H2. The van der Waals surface area contributed by atoms with Gasteiger partial charge in [-0.1, -0.05) is 18.2 Å². The first-order valence-electron chi connectivity index (χ1n) is 5.84. The molecular formula is C13H17NO. The zero-order valence-corrected chi connectivity index (χ0v) is 8.91. The zero-order chi connectivity index (χ0) is 10.3. The van der Waals surface area contributed by atoms with Crippen LogP contribution >= 0.6 is 0 Å². The third-order valence-electron chi connectivity index (χ3n) is 3.90. The third-order valence-corrected chi connectivity index (χ3v) is 3.90. The summed E-state index contributed by atoms with van der Waals surface area (Å²) in [6.45, 7) is 0.754. The average molecular weight is 203 g/mol. The lowest BCUT2D eigenvalue weighted by atomic mass is 9.69. The first-order valence-corrected chi connectivity index (χ1v) is 5.84. The van der Waals surface area contributed by atoms with E-state index in [0.717, 1.165) is 18.7 Å². The van der Waals surface area contributed by atoms with Crippen LogP contribution in [-0.4, -0.2) is 12.1 Å². The Morgan fingerprint density at radius 2 is 2.13 bits per heavy atom. The summed E-state index contributed by atoms with van der Waals surface area (Å²) in [5.41, 5.74) is 7.20. The number of hydrogen-bond acceptors (Lipinski definition) is 2. The van der Waals surface area contributed by atoms with Crippen LogP contribution in [0, 0.1) is 0 Å². The molecule has 1 aliphatic carbocycles. The molecular weight excluding hydrogens is 186 g/mol. The van der Waals surface area contributed by atoms with Crippen molar-refractivity contribution in [1.29, 1.82) is 0 Å². The van der Waals surface area contributed by atoms with Gasteiger partial charge in [-0.2, -0.15) is 0 Å². The molecule has 3 rings (SSSR count). The van der Waals surface area contributed by atoms with Crippen LogP contribution in [0.5, 0.6) is 5.75 Å². The number of ether oxygens (including phenoxy) is 1. The van der Waals surface area contributed by atoms with E-state index in [0.29, 0.717) is 5.92 Å². The van der Waals surface area contributed by atoms with Crippen LogP contribution in [0.15, 0.2) is 24.3 Å². The van der Waals surface area contributed by atoms with Gasteiger partial charge in [0.05, 0.1) is 0 Å². The van der Waals surface area contributed by atoms with Gasteiger partial charge < -0.3 is 10.5 Å². The molecule has 2 heteroatoms. The molecule has 1 unspecified atom stereocenters. The van der Waals surface area contributed by atoms with Crippen LogP contribution < -0.4 is 10.5 Å². The summed E-state index contributed by atoms with van der Waals surface area (Å²) in [5, 5.41) is 0. The van der Waals surface area contributed by atoms with Gasteiger partial charge in [-0.15, -0.1) is 0 Å². The Labute approximate surface area is 90.4 Å². The molecule has 1 aromatic rings. The smallest absolute Gasteiger partial charge is 0.123 e. The maximum atomic E-state index is 6.14. The highest BCUT2D eigenvalue weighted by atomic mass is 16.5. The number of rotatable bonds is 2. The fraction of sp³-hybridized carbons (Fsp3) is 0.538. The van der Waals surface area contributed by atoms with Gasteiger partial charge in [0, 0.05) is 11.5 Å². The van der Waals surface area contributed by atoms with E-state index in [2.05, 4.69) is 24.3 Å². The van der Waals surface area contributed by atoms with Gasteiger partial charge in [-0.25, -0.2) is 0 Å². The van der Waals surface area contributed by atoms with Gasteiger partial charge in [-0.3, -0.25) is 0 Å². The molecule has 0 amide bonds. The predicted octanol–water partition coefficient (Wildman–Crippen LogP) is 2.43. The Morgan fingerprint density at radius 1 is 1.33 bits per heavy atom. The van der Waals surface area contributed by atoms with E-state index < -0.39 is 0 Å². The van der Waals surface area contributed by atoms with Gasteiger partial charge in [-0.05, 0) is 38.3 Å². The summed E-state index contributed by atoms with van der Waals surface area (Å²) in [5.74, 6) is 1.63. The van der Waals surface area contributed by atoms with E-state index in [1.807, 2.05) is 0 Å². The van der Waals surface area contributed by atoms with Gasteiger partial charge in [0.25, 0.3) is 0 Å². The third kappa shape index (κ3) is 1.21. The highest BCUT2D eigenvalue weighted by Gasteiger charge is 2.51. The molecule has 1 saturated carbocycles. The molecule has 0 saturated heterocycles. The second-order valence-electron chi connectivity index (χ2n) is 4.69. The van der Waals surface area contributed by atoms with Crippen molar-refractivity contribution < 1.29 is 4.74 Å². The van der Waals surface area contributed by atoms with Crippen LogP contribution in [0.1, 0.15) is 37.2 Å². The molecule has 1 aromatic carbocycles. The Kier molecular flexibility index (Phi) is 1.99. The summed E-state index contributed by atoms with van der Waals surface area (Å²) >= 11 is 0. The van der Waals surface area contributed by atoms with Gasteiger partial charge >= 0.3 is 0 Å². The highest BCUT2D eigenvalue weighted by molar-refractivity contribution is 5.44. The lowest BCUT2D eigenvalue weighted by Crippen LogP contribution is -2.45. The zero-order valence-electron chi connectivity index (χ0n) is 8.91.